The van der Waals surface area contributed by atoms with Crippen molar-refractivity contribution in [3.05, 3.63) is 35.9 Å². The van der Waals surface area contributed by atoms with Crippen molar-refractivity contribution in [2.75, 3.05) is 0 Å². The number of rotatable bonds is 5. The molecule has 2 saturated carbocycles. The monoisotopic (exact) mass is 422 g/mol. The molecule has 2 aromatic rings. The van der Waals surface area contributed by atoms with Crippen LogP contribution in [0.2, 0.25) is 0 Å². The summed E-state index contributed by atoms with van der Waals surface area (Å²) < 4.78 is 13.3. The minimum absolute atomic E-state index is 0.317. The second-order valence-corrected chi connectivity index (χ2v) is 11.2. The molecule has 0 atom stereocenters. The first-order valence-electron chi connectivity index (χ1n) is 12.7. The lowest BCUT2D eigenvalue weighted by atomic mass is 9.72. The van der Waals surface area contributed by atoms with E-state index in [2.05, 4.69) is 65.0 Å². The zero-order chi connectivity index (χ0) is 22.0. The SMILES string of the molecule is CCC1CCC(Oc2cc(OC3CCC(C(C)(C)C)CC3)c3ccccc3c2C)CC1. The van der Waals surface area contributed by atoms with Gasteiger partial charge in [0.05, 0.1) is 12.2 Å². The molecule has 0 bridgehead atoms. The predicted octanol–water partition coefficient (Wildman–Crippen LogP) is 8.48. The van der Waals surface area contributed by atoms with Gasteiger partial charge in [-0.25, -0.2) is 0 Å². The summed E-state index contributed by atoms with van der Waals surface area (Å²) in [4.78, 5) is 0. The Morgan fingerprint density at radius 1 is 0.774 bits per heavy atom. The van der Waals surface area contributed by atoms with Gasteiger partial charge < -0.3 is 9.47 Å². The lowest BCUT2D eigenvalue weighted by Crippen LogP contribution is -2.30. The highest BCUT2D eigenvalue weighted by molar-refractivity contribution is 5.92. The molecule has 4 rings (SSSR count). The molecule has 170 valence electrons. The van der Waals surface area contributed by atoms with Gasteiger partial charge in [0.1, 0.15) is 11.5 Å². The Bertz CT molecular complexity index is 862. The van der Waals surface area contributed by atoms with Crippen molar-refractivity contribution in [1.82, 2.24) is 0 Å². The highest BCUT2D eigenvalue weighted by atomic mass is 16.5. The maximum atomic E-state index is 6.67. The van der Waals surface area contributed by atoms with Crippen LogP contribution in [0.1, 0.15) is 91.0 Å². The Morgan fingerprint density at radius 2 is 1.32 bits per heavy atom. The molecule has 0 heterocycles. The van der Waals surface area contributed by atoms with E-state index in [1.807, 2.05) is 0 Å². The fraction of sp³-hybridized carbons (Fsp3) is 0.655. The average molecular weight is 423 g/mol. The van der Waals surface area contributed by atoms with Crippen molar-refractivity contribution in [2.24, 2.45) is 17.3 Å². The number of hydrogen-bond acceptors (Lipinski definition) is 2. The Morgan fingerprint density at radius 3 is 1.90 bits per heavy atom. The molecule has 31 heavy (non-hydrogen) atoms. The van der Waals surface area contributed by atoms with Gasteiger partial charge in [0.25, 0.3) is 0 Å². The van der Waals surface area contributed by atoms with Gasteiger partial charge >= 0.3 is 0 Å². The summed E-state index contributed by atoms with van der Waals surface area (Å²) in [5.41, 5.74) is 1.65. The third-order valence-corrected chi connectivity index (χ3v) is 8.09. The lowest BCUT2D eigenvalue weighted by Gasteiger charge is -2.37. The molecule has 2 heteroatoms. The van der Waals surface area contributed by atoms with E-state index < -0.39 is 0 Å². The van der Waals surface area contributed by atoms with Crippen LogP contribution in [0.25, 0.3) is 10.8 Å². The zero-order valence-electron chi connectivity index (χ0n) is 20.4. The number of hydrogen-bond donors (Lipinski definition) is 0. The number of ether oxygens (including phenoxy) is 2. The first-order chi connectivity index (χ1) is 14.8. The van der Waals surface area contributed by atoms with Gasteiger partial charge in [0, 0.05) is 11.5 Å². The van der Waals surface area contributed by atoms with Gasteiger partial charge in [-0.15, -0.1) is 0 Å². The van der Waals surface area contributed by atoms with Crippen molar-refractivity contribution in [2.45, 2.75) is 105 Å². The molecule has 0 N–H and O–H groups in total. The highest BCUT2D eigenvalue weighted by Gasteiger charge is 2.31. The average Bonchev–Trinajstić information content (AvgIpc) is 2.77. The molecular formula is C29H42O2. The summed E-state index contributed by atoms with van der Waals surface area (Å²) in [5, 5.41) is 2.49. The fourth-order valence-corrected chi connectivity index (χ4v) is 5.75. The van der Waals surface area contributed by atoms with Crippen LogP contribution in [0, 0.1) is 24.2 Å². The van der Waals surface area contributed by atoms with Gasteiger partial charge in [-0.2, -0.15) is 0 Å². The lowest BCUT2D eigenvalue weighted by molar-refractivity contribution is 0.0884. The topological polar surface area (TPSA) is 18.5 Å². The van der Waals surface area contributed by atoms with Gasteiger partial charge in [-0.3, -0.25) is 0 Å². The first kappa shape index (κ1) is 22.5. The summed E-state index contributed by atoms with van der Waals surface area (Å²) in [6.45, 7) is 11.7. The minimum Gasteiger partial charge on any atom is -0.490 e. The minimum atomic E-state index is 0.317. The largest absolute Gasteiger partial charge is 0.490 e. The van der Waals surface area contributed by atoms with Crippen LogP contribution in [0.3, 0.4) is 0 Å². The van der Waals surface area contributed by atoms with Crippen molar-refractivity contribution in [3.8, 4) is 11.5 Å². The molecule has 0 spiro atoms. The molecule has 2 fully saturated rings. The molecule has 0 radical (unpaired) electrons. The zero-order valence-corrected chi connectivity index (χ0v) is 20.4. The van der Waals surface area contributed by atoms with Crippen LogP contribution < -0.4 is 9.47 Å². The first-order valence-corrected chi connectivity index (χ1v) is 12.7. The number of benzene rings is 2. The molecule has 2 aliphatic carbocycles. The molecule has 0 aromatic heterocycles. The van der Waals surface area contributed by atoms with E-state index in [1.165, 1.54) is 61.3 Å². The van der Waals surface area contributed by atoms with Crippen molar-refractivity contribution < 1.29 is 9.47 Å². The summed E-state index contributed by atoms with van der Waals surface area (Å²) in [5.74, 6) is 3.73. The van der Waals surface area contributed by atoms with Gasteiger partial charge in [0.2, 0.25) is 0 Å². The van der Waals surface area contributed by atoms with Crippen LogP contribution >= 0.6 is 0 Å². The third-order valence-electron chi connectivity index (χ3n) is 8.09. The smallest absolute Gasteiger partial charge is 0.131 e. The van der Waals surface area contributed by atoms with Crippen molar-refractivity contribution >= 4 is 10.8 Å². The highest BCUT2D eigenvalue weighted by Crippen LogP contribution is 2.42. The number of aryl methyl sites for hydroxylation is 1. The Kier molecular flexibility index (Phi) is 6.84. The molecule has 0 aliphatic heterocycles. The molecule has 2 aromatic carbocycles. The Labute approximate surface area is 189 Å². The fourth-order valence-electron chi connectivity index (χ4n) is 5.75. The summed E-state index contributed by atoms with van der Waals surface area (Å²) in [7, 11) is 0. The van der Waals surface area contributed by atoms with Crippen molar-refractivity contribution in [3.63, 3.8) is 0 Å². The van der Waals surface area contributed by atoms with E-state index in [0.29, 0.717) is 17.6 Å². The molecule has 2 nitrogen and oxygen atoms in total. The van der Waals surface area contributed by atoms with Crippen LogP contribution in [0.4, 0.5) is 0 Å². The van der Waals surface area contributed by atoms with E-state index in [9.17, 15) is 0 Å². The summed E-state index contributed by atoms with van der Waals surface area (Å²) in [6, 6.07) is 10.9. The van der Waals surface area contributed by atoms with E-state index in [4.69, 9.17) is 9.47 Å². The quantitative estimate of drug-likeness (QED) is 0.481. The summed E-state index contributed by atoms with van der Waals surface area (Å²) in [6.07, 6.45) is 11.8. The van der Waals surface area contributed by atoms with Crippen LogP contribution in [0.5, 0.6) is 11.5 Å². The van der Waals surface area contributed by atoms with E-state index in [0.717, 1.165) is 36.2 Å². The van der Waals surface area contributed by atoms with Crippen LogP contribution in [0.15, 0.2) is 30.3 Å². The van der Waals surface area contributed by atoms with E-state index in [-0.39, 0.29) is 0 Å². The van der Waals surface area contributed by atoms with Gasteiger partial charge in [-0.1, -0.05) is 58.4 Å². The molecule has 0 saturated heterocycles. The van der Waals surface area contributed by atoms with E-state index in [1.54, 1.807) is 0 Å². The second kappa shape index (κ2) is 9.43. The second-order valence-electron chi connectivity index (χ2n) is 11.2. The summed E-state index contributed by atoms with van der Waals surface area (Å²) >= 11 is 0. The van der Waals surface area contributed by atoms with Gasteiger partial charge in [-0.05, 0) is 86.5 Å². The van der Waals surface area contributed by atoms with Crippen LogP contribution in [-0.4, -0.2) is 12.2 Å². The van der Waals surface area contributed by atoms with Gasteiger partial charge in [0.15, 0.2) is 0 Å². The maximum absolute atomic E-state index is 6.67. The molecule has 2 aliphatic rings. The number of fused-ring (bicyclic) bond motifs is 1. The Balaban J connectivity index is 1.52. The molecule has 0 amide bonds. The third kappa shape index (κ3) is 5.21. The Hall–Kier alpha value is -1.70. The predicted molar refractivity (Wildman–Crippen MR) is 131 cm³/mol. The maximum Gasteiger partial charge on any atom is 0.131 e. The van der Waals surface area contributed by atoms with E-state index >= 15 is 0 Å². The molecule has 0 unspecified atom stereocenters. The van der Waals surface area contributed by atoms with Crippen LogP contribution in [-0.2, 0) is 0 Å². The molecular weight excluding hydrogens is 380 g/mol. The standard InChI is InChI=1S/C29H42O2/c1-6-21-11-15-23(16-12-21)30-27-19-28(26-10-8-7-9-25(26)20(27)2)31-24-17-13-22(14-18-24)29(3,4)5/h7-10,19,21-24H,6,11-18H2,1-5H3. The van der Waals surface area contributed by atoms with Crippen molar-refractivity contribution in [1.29, 1.82) is 0 Å². The normalized spacial score (nSPS) is 27.3.